The van der Waals surface area contributed by atoms with Gasteiger partial charge in [0.2, 0.25) is 0 Å². The molecule has 12 heteroatoms. The summed E-state index contributed by atoms with van der Waals surface area (Å²) in [6, 6.07) is 3.64. The minimum atomic E-state index is -2.22. The highest BCUT2D eigenvalue weighted by Gasteiger charge is 2.44. The summed E-state index contributed by atoms with van der Waals surface area (Å²) in [5.74, 6) is -1.89. The van der Waals surface area contributed by atoms with Crippen molar-refractivity contribution in [3.63, 3.8) is 0 Å². The van der Waals surface area contributed by atoms with Gasteiger partial charge >= 0.3 is 24.4 Å². The first-order chi connectivity index (χ1) is 17.9. The second kappa shape index (κ2) is 14.0. The summed E-state index contributed by atoms with van der Waals surface area (Å²) >= 11 is 0. The number of methoxy groups -OCH3 is 1. The number of aliphatic carboxylic acids is 1. The summed E-state index contributed by atoms with van der Waals surface area (Å²) in [6.45, 7) is 14.8. The van der Waals surface area contributed by atoms with Crippen molar-refractivity contribution in [3.05, 3.63) is 23.8 Å². The van der Waals surface area contributed by atoms with Crippen LogP contribution in [0.25, 0.3) is 0 Å². The molecule has 2 atom stereocenters. The summed E-state index contributed by atoms with van der Waals surface area (Å²) in [7, 11) is 1.05. The average molecular weight is 556 g/mol. The maximum Gasteiger partial charge on any atom is 0.513 e. The lowest BCUT2D eigenvalue weighted by Crippen LogP contribution is -2.59. The third-order valence-electron chi connectivity index (χ3n) is 4.96. The number of carbonyl (C=O) groups excluding carboxylic acids is 3. The molecule has 1 aromatic carbocycles. The van der Waals surface area contributed by atoms with E-state index in [9.17, 15) is 24.3 Å². The van der Waals surface area contributed by atoms with E-state index in [1.165, 1.54) is 18.2 Å². The third-order valence-corrected chi connectivity index (χ3v) is 4.96. The molecule has 0 heterocycles. The Morgan fingerprint density at radius 2 is 1.38 bits per heavy atom. The first kappa shape index (κ1) is 33.5. The Balaban J connectivity index is 3.40. The van der Waals surface area contributed by atoms with Crippen LogP contribution in [0.1, 0.15) is 67.4 Å². The second-order valence-corrected chi connectivity index (χ2v) is 11.5. The molecule has 0 aliphatic heterocycles. The van der Waals surface area contributed by atoms with Gasteiger partial charge in [-0.05, 0) is 41.9 Å². The zero-order chi connectivity index (χ0) is 30.0. The first-order valence-electron chi connectivity index (χ1n) is 12.5. The molecule has 1 rings (SSSR count). The molecule has 0 saturated heterocycles. The van der Waals surface area contributed by atoms with E-state index >= 15 is 0 Å². The lowest BCUT2D eigenvalue weighted by Gasteiger charge is -2.32. The van der Waals surface area contributed by atoms with Crippen LogP contribution >= 0.6 is 0 Å². The fourth-order valence-corrected chi connectivity index (χ4v) is 2.88. The van der Waals surface area contributed by atoms with Gasteiger partial charge in [-0.25, -0.2) is 19.2 Å². The Bertz CT molecular complexity index is 1010. The van der Waals surface area contributed by atoms with Crippen LogP contribution in [0.4, 0.5) is 14.4 Å². The van der Waals surface area contributed by atoms with Crippen LogP contribution in [0.5, 0.6) is 11.5 Å². The molecular weight excluding hydrogens is 514 g/mol. The average Bonchev–Trinajstić information content (AvgIpc) is 2.81. The standard InChI is InChI=1S/C27H41NO11/c1-10-17(2)28-27(21(29)30,39-22(31)34-9)14-18-11-12-19(37-23(32)35-15-25(3,4)5)20(13-18)38-24(33)36-16-26(6,7)8/h11-13,17,28H,10,14-16H2,1-9H3,(H,29,30)/t17?,27-/m0/s1. The number of carboxylic acids is 1. The van der Waals surface area contributed by atoms with E-state index in [4.69, 9.17) is 23.7 Å². The van der Waals surface area contributed by atoms with Crippen LogP contribution in [0.2, 0.25) is 0 Å². The van der Waals surface area contributed by atoms with Gasteiger partial charge in [0, 0.05) is 12.5 Å². The lowest BCUT2D eigenvalue weighted by atomic mass is 9.99. The number of rotatable bonds is 11. The van der Waals surface area contributed by atoms with Crippen LogP contribution in [-0.4, -0.2) is 61.6 Å². The smallest absolute Gasteiger partial charge is 0.477 e. The number of carbonyl (C=O) groups is 4. The zero-order valence-corrected chi connectivity index (χ0v) is 24.2. The maximum atomic E-state index is 12.4. The summed E-state index contributed by atoms with van der Waals surface area (Å²) in [6.07, 6.45) is -3.18. The summed E-state index contributed by atoms with van der Waals surface area (Å²) in [4.78, 5) is 49.0. The highest BCUT2D eigenvalue weighted by Crippen LogP contribution is 2.32. The quantitative estimate of drug-likeness (QED) is 0.157. The first-order valence-corrected chi connectivity index (χ1v) is 12.5. The Morgan fingerprint density at radius 1 is 0.872 bits per heavy atom. The minimum absolute atomic E-state index is 0.0449. The van der Waals surface area contributed by atoms with Crippen molar-refractivity contribution in [2.45, 2.75) is 80.0 Å². The number of hydrogen-bond acceptors (Lipinski definition) is 11. The molecule has 0 radical (unpaired) electrons. The molecule has 0 bridgehead atoms. The number of hydrogen-bond donors (Lipinski definition) is 2. The molecule has 0 aliphatic carbocycles. The maximum absolute atomic E-state index is 12.4. The van der Waals surface area contributed by atoms with Gasteiger partial charge in [0.05, 0.1) is 20.3 Å². The van der Waals surface area contributed by atoms with Crippen molar-refractivity contribution < 1.29 is 52.7 Å². The number of nitrogens with one attached hydrogen (secondary N) is 1. The van der Waals surface area contributed by atoms with Gasteiger partial charge in [0.25, 0.3) is 5.72 Å². The largest absolute Gasteiger partial charge is 0.513 e. The van der Waals surface area contributed by atoms with E-state index in [1.54, 1.807) is 6.92 Å². The van der Waals surface area contributed by atoms with Gasteiger partial charge in [-0.3, -0.25) is 5.32 Å². The second-order valence-electron chi connectivity index (χ2n) is 11.5. The number of benzene rings is 1. The normalized spacial score (nSPS) is 13.9. The van der Waals surface area contributed by atoms with E-state index in [2.05, 4.69) is 10.1 Å². The monoisotopic (exact) mass is 555 g/mol. The van der Waals surface area contributed by atoms with Crippen molar-refractivity contribution in [1.82, 2.24) is 5.32 Å². The van der Waals surface area contributed by atoms with Crippen LogP contribution in [-0.2, 0) is 30.2 Å². The third kappa shape index (κ3) is 12.2. The summed E-state index contributed by atoms with van der Waals surface area (Å²) in [5.41, 5.74) is -2.63. The van der Waals surface area contributed by atoms with E-state index in [1.807, 2.05) is 48.5 Å². The van der Waals surface area contributed by atoms with Crippen LogP contribution in [0.3, 0.4) is 0 Å². The fraction of sp³-hybridized carbons (Fsp3) is 0.630. The summed E-state index contributed by atoms with van der Waals surface area (Å²) < 4.78 is 30.5. The number of ether oxygens (including phenoxy) is 6. The van der Waals surface area contributed by atoms with Gasteiger partial charge in [0.15, 0.2) is 11.5 Å². The van der Waals surface area contributed by atoms with Crippen LogP contribution < -0.4 is 14.8 Å². The molecule has 2 N–H and O–H groups in total. The van der Waals surface area contributed by atoms with Crippen molar-refractivity contribution in [3.8, 4) is 11.5 Å². The number of carboxylic acid groups (broad SMARTS) is 1. The van der Waals surface area contributed by atoms with Crippen molar-refractivity contribution in [2.75, 3.05) is 20.3 Å². The van der Waals surface area contributed by atoms with Crippen molar-refractivity contribution in [2.24, 2.45) is 10.8 Å². The molecule has 12 nitrogen and oxygen atoms in total. The van der Waals surface area contributed by atoms with Gasteiger partial charge in [0.1, 0.15) is 0 Å². The molecule has 1 aromatic rings. The van der Waals surface area contributed by atoms with Crippen LogP contribution in [0.15, 0.2) is 18.2 Å². The van der Waals surface area contributed by atoms with Crippen molar-refractivity contribution in [1.29, 1.82) is 0 Å². The molecule has 0 aliphatic rings. The molecular formula is C27H41NO11. The minimum Gasteiger partial charge on any atom is -0.477 e. The Labute approximate surface area is 229 Å². The lowest BCUT2D eigenvalue weighted by molar-refractivity contribution is -0.166. The molecule has 0 aromatic heterocycles. The molecule has 1 unspecified atom stereocenters. The highest BCUT2D eigenvalue weighted by molar-refractivity contribution is 5.80. The van der Waals surface area contributed by atoms with E-state index in [-0.39, 0.29) is 47.1 Å². The Kier molecular flexibility index (Phi) is 12.0. The van der Waals surface area contributed by atoms with Gasteiger partial charge in [-0.1, -0.05) is 54.5 Å². The predicted octanol–water partition coefficient (Wildman–Crippen LogP) is 5.30. The zero-order valence-electron chi connectivity index (χ0n) is 24.2. The van der Waals surface area contributed by atoms with Crippen molar-refractivity contribution >= 4 is 24.4 Å². The van der Waals surface area contributed by atoms with Gasteiger partial charge in [-0.2, -0.15) is 0 Å². The molecule has 0 fully saturated rings. The Hall–Kier alpha value is -3.54. The molecule has 39 heavy (non-hydrogen) atoms. The van der Waals surface area contributed by atoms with E-state index < -0.39 is 36.6 Å². The van der Waals surface area contributed by atoms with Crippen LogP contribution in [0, 0.1) is 10.8 Å². The van der Waals surface area contributed by atoms with Gasteiger partial charge < -0.3 is 33.5 Å². The SMILES string of the molecule is CCC(C)N[C@@](Cc1ccc(OC(=O)OCC(C)(C)C)c(OC(=O)OCC(C)(C)C)c1)(OC(=O)OC)C(=O)O. The molecule has 220 valence electrons. The fourth-order valence-electron chi connectivity index (χ4n) is 2.88. The topological polar surface area (TPSA) is 156 Å². The molecule has 0 saturated carbocycles. The van der Waals surface area contributed by atoms with E-state index in [0.29, 0.717) is 6.42 Å². The Morgan fingerprint density at radius 3 is 1.82 bits per heavy atom. The molecule has 0 amide bonds. The molecule has 0 spiro atoms. The van der Waals surface area contributed by atoms with E-state index in [0.717, 1.165) is 7.11 Å². The predicted molar refractivity (Wildman–Crippen MR) is 140 cm³/mol. The van der Waals surface area contributed by atoms with Gasteiger partial charge in [-0.15, -0.1) is 0 Å². The summed E-state index contributed by atoms with van der Waals surface area (Å²) in [5, 5.41) is 12.9. The highest BCUT2D eigenvalue weighted by atomic mass is 16.8.